The van der Waals surface area contributed by atoms with E-state index in [-0.39, 0.29) is 4.32 Å². The molecule has 1 fully saturated rings. The molecule has 3 amide bonds. The number of hydrazine groups is 1. The highest BCUT2D eigenvalue weighted by atomic mass is 35.5. The molecule has 2 N–H and O–H groups in total. The minimum atomic E-state index is -0.645. The number of amides is 3. The molecular formula is C28H19Cl2N3O3S2. The van der Waals surface area contributed by atoms with Crippen molar-refractivity contribution in [2.24, 2.45) is 0 Å². The van der Waals surface area contributed by atoms with E-state index in [0.717, 1.165) is 33.3 Å². The number of nitrogens with zero attached hydrogens (tertiary/aromatic N) is 1. The number of urea groups is 1. The number of nitrogens with one attached hydrogen (secondary N) is 2. The van der Waals surface area contributed by atoms with Crippen LogP contribution in [-0.4, -0.2) is 21.3 Å². The lowest BCUT2D eigenvalue weighted by atomic mass is 10.1. The zero-order valence-corrected chi connectivity index (χ0v) is 22.8. The number of benzene rings is 4. The van der Waals surface area contributed by atoms with Crippen LogP contribution in [0.25, 0.3) is 16.8 Å². The quantitative estimate of drug-likeness (QED) is 0.181. The summed E-state index contributed by atoms with van der Waals surface area (Å²) in [6.45, 7) is 0.440. The SMILES string of the molecule is O=C(Nc1ccc(Cl)c(Cl)c1)NN1C(=O)/C(=C\c2ccc(OCc3cccc4ccccc34)cc2)SC1=S. The summed E-state index contributed by atoms with van der Waals surface area (Å²) in [6.07, 6.45) is 1.71. The van der Waals surface area contributed by atoms with Crippen LogP contribution in [0, 0.1) is 0 Å². The Kier molecular flexibility index (Phi) is 7.85. The average molecular weight is 581 g/mol. The molecule has 0 saturated carbocycles. The third kappa shape index (κ3) is 5.95. The summed E-state index contributed by atoms with van der Waals surface area (Å²) in [5.74, 6) is 0.281. The summed E-state index contributed by atoms with van der Waals surface area (Å²) in [7, 11) is 0. The van der Waals surface area contributed by atoms with Crippen molar-refractivity contribution >= 4 is 86.0 Å². The van der Waals surface area contributed by atoms with Gasteiger partial charge in [0.1, 0.15) is 12.4 Å². The molecule has 0 atom stereocenters. The lowest BCUT2D eigenvalue weighted by Gasteiger charge is -2.16. The number of thioether (sulfide) groups is 1. The molecule has 0 unspecified atom stereocenters. The van der Waals surface area contributed by atoms with Gasteiger partial charge in [0.15, 0.2) is 4.32 Å². The van der Waals surface area contributed by atoms with E-state index in [9.17, 15) is 9.59 Å². The fraction of sp³-hybridized carbons (Fsp3) is 0.0357. The van der Waals surface area contributed by atoms with Gasteiger partial charge < -0.3 is 10.1 Å². The number of thiocarbonyl (C=S) groups is 1. The topological polar surface area (TPSA) is 70.7 Å². The number of halogens is 2. The minimum Gasteiger partial charge on any atom is -0.489 e. The first-order valence-corrected chi connectivity index (χ1v) is 13.4. The molecule has 1 aliphatic heterocycles. The number of carbonyl (C=O) groups excluding carboxylic acids is 2. The van der Waals surface area contributed by atoms with Crippen LogP contribution in [0.2, 0.25) is 10.0 Å². The molecule has 4 aromatic rings. The second-order valence-electron chi connectivity index (χ2n) is 8.21. The monoisotopic (exact) mass is 579 g/mol. The van der Waals surface area contributed by atoms with Crippen molar-refractivity contribution in [2.45, 2.75) is 6.61 Å². The second kappa shape index (κ2) is 11.4. The normalized spacial score (nSPS) is 14.3. The maximum absolute atomic E-state index is 12.9. The average Bonchev–Trinajstić information content (AvgIpc) is 3.17. The Bertz CT molecular complexity index is 1590. The molecular weight excluding hydrogens is 561 g/mol. The first-order valence-electron chi connectivity index (χ1n) is 11.4. The first kappa shape index (κ1) is 26.1. The van der Waals surface area contributed by atoms with Gasteiger partial charge in [-0.15, -0.1) is 0 Å². The highest BCUT2D eigenvalue weighted by molar-refractivity contribution is 8.26. The van der Waals surface area contributed by atoms with Crippen LogP contribution in [0.3, 0.4) is 0 Å². The van der Waals surface area contributed by atoms with E-state index in [2.05, 4.69) is 35.0 Å². The summed E-state index contributed by atoms with van der Waals surface area (Å²) in [5.41, 5.74) is 4.78. The standard InChI is InChI=1S/C28H19Cl2N3O3S2/c29-23-13-10-20(15-24(23)30)31-27(35)32-33-26(34)25(38-28(33)37)14-17-8-11-21(12-9-17)36-16-19-6-3-5-18-4-1-2-7-22(18)19/h1-15H,16H2,(H2,31,32,35)/b25-14+. The van der Waals surface area contributed by atoms with E-state index in [1.165, 1.54) is 11.5 Å². The summed E-state index contributed by atoms with van der Waals surface area (Å²) in [6, 6.07) is 25.8. The molecule has 0 aromatic heterocycles. The van der Waals surface area contributed by atoms with Gasteiger partial charge in [0.2, 0.25) is 0 Å². The minimum absolute atomic E-state index is 0.209. The number of fused-ring (bicyclic) bond motifs is 1. The van der Waals surface area contributed by atoms with Gasteiger partial charge in [-0.05, 0) is 70.5 Å². The van der Waals surface area contributed by atoms with E-state index in [4.69, 9.17) is 40.2 Å². The van der Waals surface area contributed by atoms with Gasteiger partial charge in [0.25, 0.3) is 5.91 Å². The third-order valence-corrected chi connectivity index (χ3v) is 7.68. The van der Waals surface area contributed by atoms with Crippen molar-refractivity contribution in [1.82, 2.24) is 10.4 Å². The molecule has 0 aliphatic carbocycles. The smallest absolute Gasteiger partial charge is 0.338 e. The van der Waals surface area contributed by atoms with Crippen molar-refractivity contribution < 1.29 is 14.3 Å². The Hall–Kier alpha value is -3.56. The van der Waals surface area contributed by atoms with Crippen LogP contribution in [0.1, 0.15) is 11.1 Å². The van der Waals surface area contributed by atoms with Crippen LogP contribution in [0.4, 0.5) is 10.5 Å². The molecule has 0 spiro atoms. The van der Waals surface area contributed by atoms with E-state index >= 15 is 0 Å². The summed E-state index contributed by atoms with van der Waals surface area (Å²) in [4.78, 5) is 25.7. The zero-order chi connectivity index (χ0) is 26.6. The Morgan fingerprint density at radius 3 is 2.53 bits per heavy atom. The molecule has 10 heteroatoms. The van der Waals surface area contributed by atoms with Gasteiger partial charge >= 0.3 is 6.03 Å². The fourth-order valence-corrected chi connectivity index (χ4v) is 5.27. The van der Waals surface area contributed by atoms with Gasteiger partial charge in [-0.25, -0.2) is 10.2 Å². The largest absolute Gasteiger partial charge is 0.489 e. The molecule has 1 saturated heterocycles. The number of ether oxygens (including phenoxy) is 1. The Labute approximate surface area is 238 Å². The lowest BCUT2D eigenvalue weighted by Crippen LogP contribution is -2.46. The summed E-state index contributed by atoms with van der Waals surface area (Å²) in [5, 5.41) is 6.61. The highest BCUT2D eigenvalue weighted by Gasteiger charge is 2.33. The van der Waals surface area contributed by atoms with Crippen molar-refractivity contribution in [1.29, 1.82) is 0 Å². The van der Waals surface area contributed by atoms with Crippen LogP contribution >= 0.6 is 47.2 Å². The van der Waals surface area contributed by atoms with E-state index in [0.29, 0.717) is 33.0 Å². The summed E-state index contributed by atoms with van der Waals surface area (Å²) >= 11 is 18.3. The van der Waals surface area contributed by atoms with Crippen molar-refractivity contribution in [3.63, 3.8) is 0 Å². The number of carbonyl (C=O) groups is 2. The summed E-state index contributed by atoms with van der Waals surface area (Å²) < 4.78 is 6.20. The maximum Gasteiger partial charge on any atom is 0.338 e. The Morgan fingerprint density at radius 1 is 0.974 bits per heavy atom. The predicted molar refractivity (Wildman–Crippen MR) is 158 cm³/mol. The number of hydrogen-bond acceptors (Lipinski definition) is 5. The van der Waals surface area contributed by atoms with E-state index in [1.54, 1.807) is 18.2 Å². The Balaban J connectivity index is 1.20. The van der Waals surface area contributed by atoms with Crippen LogP contribution in [-0.2, 0) is 11.4 Å². The van der Waals surface area contributed by atoms with E-state index < -0.39 is 11.9 Å². The van der Waals surface area contributed by atoms with Gasteiger partial charge in [0, 0.05) is 5.69 Å². The van der Waals surface area contributed by atoms with Crippen molar-refractivity contribution in [3.8, 4) is 5.75 Å². The van der Waals surface area contributed by atoms with Gasteiger partial charge in [0.05, 0.1) is 15.0 Å². The first-order chi connectivity index (χ1) is 18.4. The van der Waals surface area contributed by atoms with Crippen molar-refractivity contribution in [3.05, 3.63) is 111 Å². The molecule has 0 bridgehead atoms. The van der Waals surface area contributed by atoms with Gasteiger partial charge in [-0.2, -0.15) is 5.01 Å². The molecule has 5 rings (SSSR count). The lowest BCUT2D eigenvalue weighted by molar-refractivity contribution is -0.123. The number of anilines is 1. The Morgan fingerprint density at radius 2 is 1.74 bits per heavy atom. The number of hydrogen-bond donors (Lipinski definition) is 2. The maximum atomic E-state index is 12.9. The fourth-order valence-electron chi connectivity index (χ4n) is 3.79. The molecule has 6 nitrogen and oxygen atoms in total. The number of rotatable bonds is 6. The molecule has 1 aliphatic rings. The highest BCUT2D eigenvalue weighted by Crippen LogP contribution is 2.32. The van der Waals surface area contributed by atoms with Crippen LogP contribution in [0.15, 0.2) is 89.8 Å². The van der Waals surface area contributed by atoms with E-state index in [1.807, 2.05) is 42.5 Å². The van der Waals surface area contributed by atoms with Crippen molar-refractivity contribution in [2.75, 3.05) is 5.32 Å². The predicted octanol–water partition coefficient (Wildman–Crippen LogP) is 7.66. The molecule has 4 aromatic carbocycles. The molecule has 190 valence electrons. The second-order valence-corrected chi connectivity index (χ2v) is 10.7. The van der Waals surface area contributed by atoms with Crippen LogP contribution in [0.5, 0.6) is 5.75 Å². The van der Waals surface area contributed by atoms with Crippen LogP contribution < -0.4 is 15.5 Å². The molecule has 1 heterocycles. The molecule has 0 radical (unpaired) electrons. The van der Waals surface area contributed by atoms with Gasteiger partial charge in [-0.1, -0.05) is 89.6 Å². The molecule has 38 heavy (non-hydrogen) atoms. The third-order valence-electron chi connectivity index (χ3n) is 5.64. The van der Waals surface area contributed by atoms with Gasteiger partial charge in [-0.3, -0.25) is 4.79 Å². The zero-order valence-electron chi connectivity index (χ0n) is 19.6.